The zero-order chi connectivity index (χ0) is 18.2. The molecule has 24 heavy (non-hydrogen) atoms. The van der Waals surface area contributed by atoms with Gasteiger partial charge in [-0.3, -0.25) is 4.79 Å². The van der Waals surface area contributed by atoms with Crippen molar-refractivity contribution >= 4 is 17.7 Å². The molecule has 3 atom stereocenters. The molecule has 5 heteroatoms. The van der Waals surface area contributed by atoms with Crippen LogP contribution in [0.5, 0.6) is 0 Å². The van der Waals surface area contributed by atoms with Gasteiger partial charge in [0.1, 0.15) is 0 Å². The molecule has 0 aromatic carbocycles. The Kier molecular flexibility index (Phi) is 15.4. The number of thioether (sulfide) groups is 1. The first kappa shape index (κ1) is 23.3. The second kappa shape index (κ2) is 15.8. The fourth-order valence-corrected chi connectivity index (χ4v) is 4.59. The molecule has 1 fully saturated rings. The van der Waals surface area contributed by atoms with Crippen molar-refractivity contribution < 1.29 is 4.79 Å². The summed E-state index contributed by atoms with van der Waals surface area (Å²) in [5.41, 5.74) is 0. The lowest BCUT2D eigenvalue weighted by Crippen LogP contribution is -2.46. The van der Waals surface area contributed by atoms with Crippen molar-refractivity contribution in [2.45, 2.75) is 83.1 Å². The highest BCUT2D eigenvalue weighted by Gasteiger charge is 2.34. The van der Waals surface area contributed by atoms with Crippen LogP contribution in [-0.2, 0) is 4.79 Å². The number of nitrogens with one attached hydrogen (secondary N) is 3. The van der Waals surface area contributed by atoms with Gasteiger partial charge in [0.2, 0.25) is 5.91 Å². The normalized spacial score (nSPS) is 22.4. The molecule has 0 bridgehead atoms. The lowest BCUT2D eigenvalue weighted by atomic mass is 10.0. The standard InChI is InChI=1S/C17H33N3OS.C2H6/c1-4-6-9-12-20-16(21)11-8-7-10-15-17(18-3)14(13-22-15)19-5-2;1-2/h5,14-15,17-19H,2,4,6-13H2,1,3H3,(H,20,21);1-2H3. The lowest BCUT2D eigenvalue weighted by Gasteiger charge is -2.23. The molecule has 0 aromatic rings. The average Bonchev–Trinajstić information content (AvgIpc) is 2.99. The number of hydrogen-bond donors (Lipinski definition) is 3. The van der Waals surface area contributed by atoms with Gasteiger partial charge in [0.15, 0.2) is 0 Å². The smallest absolute Gasteiger partial charge is 0.219 e. The van der Waals surface area contributed by atoms with Gasteiger partial charge >= 0.3 is 0 Å². The van der Waals surface area contributed by atoms with Crippen LogP contribution in [0.4, 0.5) is 0 Å². The molecule has 1 rings (SSSR count). The average molecular weight is 358 g/mol. The van der Waals surface area contributed by atoms with E-state index in [4.69, 9.17) is 0 Å². The number of hydrogen-bond acceptors (Lipinski definition) is 4. The second-order valence-corrected chi connectivity index (χ2v) is 7.24. The van der Waals surface area contributed by atoms with Crippen molar-refractivity contribution in [1.29, 1.82) is 0 Å². The molecule has 3 N–H and O–H groups in total. The Labute approximate surface area is 154 Å². The first-order valence-corrected chi connectivity index (χ1v) is 10.7. The third kappa shape index (κ3) is 9.58. The molecule has 1 aliphatic rings. The SMILES string of the molecule is C=CNC1CSC(CCCCC(=O)NCCCCC)C1NC.CC. The van der Waals surface area contributed by atoms with E-state index >= 15 is 0 Å². The van der Waals surface area contributed by atoms with E-state index in [-0.39, 0.29) is 5.91 Å². The zero-order valence-corrected chi connectivity index (χ0v) is 17.0. The Morgan fingerprint density at radius 1 is 1.25 bits per heavy atom. The number of carbonyl (C=O) groups excluding carboxylic acids is 1. The van der Waals surface area contributed by atoms with E-state index in [2.05, 4.69) is 29.5 Å². The first-order chi connectivity index (χ1) is 11.7. The molecule has 0 aliphatic carbocycles. The lowest BCUT2D eigenvalue weighted by molar-refractivity contribution is -0.121. The van der Waals surface area contributed by atoms with Crippen LogP contribution in [0, 0.1) is 0 Å². The highest BCUT2D eigenvalue weighted by Crippen LogP contribution is 2.31. The Bertz CT molecular complexity index is 326. The molecule has 0 radical (unpaired) electrons. The van der Waals surface area contributed by atoms with Gasteiger partial charge in [0.25, 0.3) is 0 Å². The van der Waals surface area contributed by atoms with Gasteiger partial charge in [0, 0.05) is 30.0 Å². The topological polar surface area (TPSA) is 53.2 Å². The monoisotopic (exact) mass is 357 g/mol. The summed E-state index contributed by atoms with van der Waals surface area (Å²) in [6.07, 6.45) is 9.25. The summed E-state index contributed by atoms with van der Waals surface area (Å²) in [7, 11) is 2.03. The van der Waals surface area contributed by atoms with Crippen molar-refractivity contribution in [2.75, 3.05) is 19.3 Å². The molecule has 0 aromatic heterocycles. The van der Waals surface area contributed by atoms with E-state index < -0.39 is 0 Å². The molecular formula is C19H39N3OS. The first-order valence-electron chi connectivity index (χ1n) is 9.65. The fourth-order valence-electron chi connectivity index (χ4n) is 2.97. The highest BCUT2D eigenvalue weighted by atomic mass is 32.2. The summed E-state index contributed by atoms with van der Waals surface area (Å²) in [6, 6.07) is 0.963. The van der Waals surface area contributed by atoms with Gasteiger partial charge in [-0.1, -0.05) is 46.6 Å². The maximum Gasteiger partial charge on any atom is 0.219 e. The maximum atomic E-state index is 11.7. The van der Waals surface area contributed by atoms with Crippen molar-refractivity contribution in [3.63, 3.8) is 0 Å². The van der Waals surface area contributed by atoms with Gasteiger partial charge in [0.05, 0.1) is 6.04 Å². The van der Waals surface area contributed by atoms with Gasteiger partial charge in [-0.2, -0.15) is 11.8 Å². The number of rotatable bonds is 12. The van der Waals surface area contributed by atoms with Crippen LogP contribution in [0.2, 0.25) is 0 Å². The molecule has 0 spiro atoms. The molecule has 1 amide bonds. The maximum absolute atomic E-state index is 11.7. The largest absolute Gasteiger partial charge is 0.386 e. The van der Waals surface area contributed by atoms with Crippen molar-refractivity contribution in [3.8, 4) is 0 Å². The van der Waals surface area contributed by atoms with Crippen LogP contribution in [0.1, 0.15) is 65.7 Å². The van der Waals surface area contributed by atoms with Crippen molar-refractivity contribution in [3.05, 3.63) is 12.8 Å². The third-order valence-electron chi connectivity index (χ3n) is 4.23. The van der Waals surface area contributed by atoms with Crippen LogP contribution in [0.3, 0.4) is 0 Å². The van der Waals surface area contributed by atoms with E-state index in [0.717, 1.165) is 31.6 Å². The zero-order valence-electron chi connectivity index (χ0n) is 16.2. The van der Waals surface area contributed by atoms with Gasteiger partial charge in [-0.15, -0.1) is 0 Å². The molecule has 1 saturated heterocycles. The molecule has 1 heterocycles. The van der Waals surface area contributed by atoms with Crippen LogP contribution in [0.25, 0.3) is 0 Å². The second-order valence-electron chi connectivity index (χ2n) is 5.97. The summed E-state index contributed by atoms with van der Waals surface area (Å²) >= 11 is 2.03. The fraction of sp³-hybridized carbons (Fsp3) is 0.842. The van der Waals surface area contributed by atoms with Gasteiger partial charge in [-0.25, -0.2) is 0 Å². The Balaban J connectivity index is 0.00000254. The van der Waals surface area contributed by atoms with Gasteiger partial charge in [-0.05, 0) is 32.5 Å². The third-order valence-corrected chi connectivity index (χ3v) is 5.74. The summed E-state index contributed by atoms with van der Waals surface area (Å²) in [5.74, 6) is 1.34. The van der Waals surface area contributed by atoms with Crippen molar-refractivity contribution in [1.82, 2.24) is 16.0 Å². The van der Waals surface area contributed by atoms with Crippen LogP contribution in [-0.4, -0.2) is 42.6 Å². The summed E-state index contributed by atoms with van der Waals surface area (Å²) in [6.45, 7) is 10.8. The predicted molar refractivity (Wildman–Crippen MR) is 109 cm³/mol. The number of unbranched alkanes of at least 4 members (excludes halogenated alkanes) is 3. The molecule has 0 saturated carbocycles. The van der Waals surface area contributed by atoms with Gasteiger partial charge < -0.3 is 16.0 Å². The van der Waals surface area contributed by atoms with E-state index in [1.165, 1.54) is 19.3 Å². The quantitative estimate of drug-likeness (QED) is 0.466. The van der Waals surface area contributed by atoms with E-state index in [1.54, 1.807) is 6.20 Å². The van der Waals surface area contributed by atoms with E-state index in [9.17, 15) is 4.79 Å². The van der Waals surface area contributed by atoms with Crippen LogP contribution in [0.15, 0.2) is 12.8 Å². The Morgan fingerprint density at radius 2 is 2.00 bits per heavy atom. The molecule has 1 aliphatic heterocycles. The molecular weight excluding hydrogens is 318 g/mol. The highest BCUT2D eigenvalue weighted by molar-refractivity contribution is 8.00. The summed E-state index contributed by atoms with van der Waals surface area (Å²) in [5, 5.41) is 10.4. The minimum absolute atomic E-state index is 0.214. The predicted octanol–water partition coefficient (Wildman–Crippen LogP) is 3.68. The van der Waals surface area contributed by atoms with E-state index in [0.29, 0.717) is 23.8 Å². The number of carbonyl (C=O) groups is 1. The summed E-state index contributed by atoms with van der Waals surface area (Å²) in [4.78, 5) is 11.7. The minimum Gasteiger partial charge on any atom is -0.386 e. The Morgan fingerprint density at radius 3 is 2.62 bits per heavy atom. The Hall–Kier alpha value is -0.680. The minimum atomic E-state index is 0.214. The molecule has 3 unspecified atom stereocenters. The summed E-state index contributed by atoms with van der Waals surface area (Å²) < 4.78 is 0. The molecule has 142 valence electrons. The number of amides is 1. The van der Waals surface area contributed by atoms with Crippen LogP contribution < -0.4 is 16.0 Å². The molecule has 4 nitrogen and oxygen atoms in total. The van der Waals surface area contributed by atoms with E-state index in [1.807, 2.05) is 32.7 Å². The van der Waals surface area contributed by atoms with Crippen molar-refractivity contribution in [2.24, 2.45) is 0 Å². The van der Waals surface area contributed by atoms with Crippen LogP contribution >= 0.6 is 11.8 Å². The number of likely N-dealkylation sites (N-methyl/N-ethyl adjacent to an activating group) is 1.